The highest BCUT2D eigenvalue weighted by molar-refractivity contribution is 5.78. The molecule has 0 bridgehead atoms. The van der Waals surface area contributed by atoms with E-state index < -0.39 is 0 Å². The Balaban J connectivity index is 1.76. The molecule has 1 fully saturated rings. The third-order valence-corrected chi connectivity index (χ3v) is 3.84. The van der Waals surface area contributed by atoms with Crippen molar-refractivity contribution in [2.75, 3.05) is 33.2 Å². The number of benzene rings is 1. The lowest BCUT2D eigenvalue weighted by Gasteiger charge is -2.19. The monoisotopic (exact) mass is 255 g/mol. The van der Waals surface area contributed by atoms with E-state index >= 15 is 0 Å². The summed E-state index contributed by atoms with van der Waals surface area (Å²) in [6, 6.07) is 10.6. The molecule has 0 spiro atoms. The van der Waals surface area contributed by atoms with Crippen LogP contribution in [0, 0.1) is 5.92 Å². The molecule has 3 nitrogen and oxygen atoms in total. The number of nitrogens with one attached hydrogen (secondary N) is 1. The van der Waals surface area contributed by atoms with Crippen molar-refractivity contribution in [1.82, 2.24) is 15.2 Å². The average Bonchev–Trinajstić information content (AvgIpc) is 2.63. The predicted octanol–water partition coefficient (Wildman–Crippen LogP) is 1.93. The van der Waals surface area contributed by atoms with Gasteiger partial charge in [-0.05, 0) is 43.6 Å². The van der Waals surface area contributed by atoms with Crippen LogP contribution in [0.5, 0.6) is 0 Å². The SMILES string of the molecule is CN1CCNC[C@@H](Cc2cnc3ccccc3c2)C1. The molecule has 3 rings (SSSR count). The number of rotatable bonds is 2. The lowest BCUT2D eigenvalue weighted by atomic mass is 9.99. The van der Waals surface area contributed by atoms with E-state index in [1.54, 1.807) is 0 Å². The van der Waals surface area contributed by atoms with Gasteiger partial charge in [0.15, 0.2) is 0 Å². The van der Waals surface area contributed by atoms with Crippen molar-refractivity contribution in [3.63, 3.8) is 0 Å². The van der Waals surface area contributed by atoms with Gasteiger partial charge < -0.3 is 10.2 Å². The molecule has 1 aliphatic rings. The molecule has 100 valence electrons. The molecule has 3 heteroatoms. The van der Waals surface area contributed by atoms with Crippen molar-refractivity contribution in [1.29, 1.82) is 0 Å². The topological polar surface area (TPSA) is 28.2 Å². The molecule has 1 aromatic heterocycles. The minimum absolute atomic E-state index is 0.676. The maximum Gasteiger partial charge on any atom is 0.0702 e. The van der Waals surface area contributed by atoms with E-state index in [1.807, 2.05) is 12.3 Å². The zero-order valence-corrected chi connectivity index (χ0v) is 11.5. The number of fused-ring (bicyclic) bond motifs is 1. The van der Waals surface area contributed by atoms with E-state index in [1.165, 1.54) is 17.5 Å². The van der Waals surface area contributed by atoms with Crippen molar-refractivity contribution in [2.24, 2.45) is 5.92 Å². The lowest BCUT2D eigenvalue weighted by Crippen LogP contribution is -2.27. The van der Waals surface area contributed by atoms with E-state index in [4.69, 9.17) is 0 Å². The van der Waals surface area contributed by atoms with Crippen molar-refractivity contribution in [3.05, 3.63) is 42.1 Å². The Bertz CT molecular complexity index is 552. The van der Waals surface area contributed by atoms with E-state index in [0.29, 0.717) is 5.92 Å². The minimum atomic E-state index is 0.676. The van der Waals surface area contributed by atoms with Crippen LogP contribution in [-0.4, -0.2) is 43.1 Å². The highest BCUT2D eigenvalue weighted by Crippen LogP contribution is 2.16. The summed E-state index contributed by atoms with van der Waals surface area (Å²) in [5, 5.41) is 4.77. The summed E-state index contributed by atoms with van der Waals surface area (Å²) in [5.41, 5.74) is 2.43. The average molecular weight is 255 g/mol. The first-order valence-corrected chi connectivity index (χ1v) is 7.04. The fraction of sp³-hybridized carbons (Fsp3) is 0.438. The van der Waals surface area contributed by atoms with Crippen LogP contribution in [0.15, 0.2) is 36.5 Å². The van der Waals surface area contributed by atoms with Crippen LogP contribution in [0.2, 0.25) is 0 Å². The fourth-order valence-electron chi connectivity index (χ4n) is 2.87. The molecule has 1 saturated heterocycles. The molecule has 1 N–H and O–H groups in total. The molecule has 19 heavy (non-hydrogen) atoms. The van der Waals surface area contributed by atoms with Crippen LogP contribution in [0.4, 0.5) is 0 Å². The third-order valence-electron chi connectivity index (χ3n) is 3.84. The number of likely N-dealkylation sites (N-methyl/N-ethyl adjacent to an activating group) is 1. The third kappa shape index (κ3) is 3.11. The molecular weight excluding hydrogens is 234 g/mol. The summed E-state index contributed by atoms with van der Waals surface area (Å²) >= 11 is 0. The number of nitrogens with zero attached hydrogens (tertiary/aromatic N) is 2. The van der Waals surface area contributed by atoms with Crippen LogP contribution in [0.25, 0.3) is 10.9 Å². The molecular formula is C16H21N3. The van der Waals surface area contributed by atoms with Gasteiger partial charge in [-0.1, -0.05) is 18.2 Å². The van der Waals surface area contributed by atoms with E-state index in [0.717, 1.165) is 31.6 Å². The van der Waals surface area contributed by atoms with Gasteiger partial charge in [0, 0.05) is 31.2 Å². The van der Waals surface area contributed by atoms with Crippen molar-refractivity contribution in [3.8, 4) is 0 Å². The maximum atomic E-state index is 4.56. The molecule has 2 heterocycles. The first-order chi connectivity index (χ1) is 9.31. The number of hydrogen-bond donors (Lipinski definition) is 1. The van der Waals surface area contributed by atoms with Crippen LogP contribution in [0.1, 0.15) is 5.56 Å². The summed E-state index contributed by atoms with van der Waals surface area (Å²) in [6.45, 7) is 4.52. The summed E-state index contributed by atoms with van der Waals surface area (Å²) in [5.74, 6) is 0.676. The summed E-state index contributed by atoms with van der Waals surface area (Å²) in [6.07, 6.45) is 3.14. The second kappa shape index (κ2) is 5.68. The zero-order valence-electron chi connectivity index (χ0n) is 11.5. The number of hydrogen-bond acceptors (Lipinski definition) is 3. The zero-order chi connectivity index (χ0) is 13.1. The first-order valence-electron chi connectivity index (χ1n) is 7.04. The van der Waals surface area contributed by atoms with Gasteiger partial charge in [-0.3, -0.25) is 4.98 Å². The Morgan fingerprint density at radius 1 is 1.37 bits per heavy atom. The molecule has 1 aliphatic heterocycles. The quantitative estimate of drug-likeness (QED) is 0.889. The van der Waals surface area contributed by atoms with E-state index in [2.05, 4.69) is 46.5 Å². The predicted molar refractivity (Wildman–Crippen MR) is 79.3 cm³/mol. The standard InChI is InChI=1S/C16H21N3/c1-19-7-6-17-10-14(12-19)8-13-9-15-4-2-3-5-16(15)18-11-13/h2-5,9,11,14,17H,6-8,10,12H2,1H3/t14-/m1/s1. The number of pyridine rings is 1. The number of aromatic nitrogens is 1. The summed E-state index contributed by atoms with van der Waals surface area (Å²) in [4.78, 5) is 6.97. The van der Waals surface area contributed by atoms with Gasteiger partial charge in [-0.15, -0.1) is 0 Å². The lowest BCUT2D eigenvalue weighted by molar-refractivity contribution is 0.309. The van der Waals surface area contributed by atoms with Crippen LogP contribution < -0.4 is 5.32 Å². The second-order valence-corrected chi connectivity index (χ2v) is 5.57. The van der Waals surface area contributed by atoms with Gasteiger partial charge in [-0.2, -0.15) is 0 Å². The van der Waals surface area contributed by atoms with Gasteiger partial charge in [-0.25, -0.2) is 0 Å². The second-order valence-electron chi connectivity index (χ2n) is 5.57. The maximum absolute atomic E-state index is 4.56. The Kier molecular flexibility index (Phi) is 3.76. The largest absolute Gasteiger partial charge is 0.315 e. The van der Waals surface area contributed by atoms with Crippen LogP contribution in [0.3, 0.4) is 0 Å². The summed E-state index contributed by atoms with van der Waals surface area (Å²) in [7, 11) is 2.21. The molecule has 1 atom stereocenters. The Labute approximate surface area is 114 Å². The number of para-hydroxylation sites is 1. The van der Waals surface area contributed by atoms with Crippen LogP contribution in [-0.2, 0) is 6.42 Å². The van der Waals surface area contributed by atoms with Gasteiger partial charge in [0.2, 0.25) is 0 Å². The van der Waals surface area contributed by atoms with Gasteiger partial charge in [0.05, 0.1) is 5.52 Å². The Morgan fingerprint density at radius 3 is 3.21 bits per heavy atom. The molecule has 0 amide bonds. The van der Waals surface area contributed by atoms with Crippen molar-refractivity contribution in [2.45, 2.75) is 6.42 Å². The molecule has 0 radical (unpaired) electrons. The molecule has 2 aromatic rings. The van der Waals surface area contributed by atoms with Gasteiger partial charge in [0.25, 0.3) is 0 Å². The highest BCUT2D eigenvalue weighted by atomic mass is 15.1. The van der Waals surface area contributed by atoms with Gasteiger partial charge >= 0.3 is 0 Å². The smallest absolute Gasteiger partial charge is 0.0702 e. The highest BCUT2D eigenvalue weighted by Gasteiger charge is 2.15. The molecule has 0 aliphatic carbocycles. The van der Waals surface area contributed by atoms with Crippen molar-refractivity contribution >= 4 is 10.9 Å². The fourth-order valence-corrected chi connectivity index (χ4v) is 2.87. The normalized spacial score (nSPS) is 21.4. The summed E-state index contributed by atoms with van der Waals surface area (Å²) < 4.78 is 0. The Hall–Kier alpha value is -1.45. The molecule has 0 saturated carbocycles. The molecule has 0 unspecified atom stereocenters. The van der Waals surface area contributed by atoms with Crippen molar-refractivity contribution < 1.29 is 0 Å². The molecule has 1 aromatic carbocycles. The van der Waals surface area contributed by atoms with Gasteiger partial charge in [0.1, 0.15) is 0 Å². The Morgan fingerprint density at radius 2 is 2.26 bits per heavy atom. The first kappa shape index (κ1) is 12.6. The van der Waals surface area contributed by atoms with E-state index in [9.17, 15) is 0 Å². The minimum Gasteiger partial charge on any atom is -0.315 e. The van der Waals surface area contributed by atoms with E-state index in [-0.39, 0.29) is 0 Å². The van der Waals surface area contributed by atoms with Crippen LogP contribution >= 0.6 is 0 Å².